The van der Waals surface area contributed by atoms with E-state index in [1.54, 1.807) is 7.11 Å². The highest BCUT2D eigenvalue weighted by atomic mass is 16.5. The van der Waals surface area contributed by atoms with Crippen molar-refractivity contribution in [1.82, 2.24) is 9.80 Å². The first-order chi connectivity index (χ1) is 11.7. The van der Waals surface area contributed by atoms with E-state index in [1.807, 2.05) is 30.3 Å². The molecule has 0 aliphatic carbocycles. The standard InChI is InChI=1S/C20H28N2O2/c1-3-12-22-14-5-11-20(22)10-4-13-21(16-20)19(23)18-8-6-17(7-9-18)15-24-2/h3,6-9H,1,4-5,10-16H2,2H3. The van der Waals surface area contributed by atoms with Gasteiger partial charge >= 0.3 is 0 Å². The first-order valence-corrected chi connectivity index (χ1v) is 8.92. The molecule has 2 heterocycles. The molecule has 2 saturated heterocycles. The van der Waals surface area contributed by atoms with Gasteiger partial charge in [-0.05, 0) is 49.9 Å². The lowest BCUT2D eigenvalue weighted by molar-refractivity contribution is 0.0367. The highest BCUT2D eigenvalue weighted by molar-refractivity contribution is 5.94. The van der Waals surface area contributed by atoms with Crippen LogP contribution < -0.4 is 0 Å². The smallest absolute Gasteiger partial charge is 0.253 e. The summed E-state index contributed by atoms with van der Waals surface area (Å²) in [4.78, 5) is 17.5. The van der Waals surface area contributed by atoms with Crippen LogP contribution in [0, 0.1) is 0 Å². The van der Waals surface area contributed by atoms with Crippen molar-refractivity contribution in [2.24, 2.45) is 0 Å². The normalized spacial score (nSPS) is 24.5. The van der Waals surface area contributed by atoms with Gasteiger partial charge in [0.2, 0.25) is 0 Å². The molecule has 0 saturated carbocycles. The highest BCUT2D eigenvalue weighted by Gasteiger charge is 2.44. The number of methoxy groups -OCH3 is 1. The predicted octanol–water partition coefficient (Wildman–Crippen LogP) is 3.09. The molecule has 1 spiro atoms. The molecule has 0 aromatic heterocycles. The van der Waals surface area contributed by atoms with Crippen LogP contribution in [0.2, 0.25) is 0 Å². The summed E-state index contributed by atoms with van der Waals surface area (Å²) in [5.41, 5.74) is 2.04. The van der Waals surface area contributed by atoms with Gasteiger partial charge in [-0.2, -0.15) is 0 Å². The quantitative estimate of drug-likeness (QED) is 0.779. The van der Waals surface area contributed by atoms with Crippen LogP contribution in [0.25, 0.3) is 0 Å². The minimum atomic E-state index is 0.156. The van der Waals surface area contributed by atoms with Gasteiger partial charge in [-0.1, -0.05) is 18.2 Å². The van der Waals surface area contributed by atoms with Crippen LogP contribution in [-0.4, -0.2) is 54.5 Å². The van der Waals surface area contributed by atoms with Gasteiger partial charge in [0.15, 0.2) is 0 Å². The lowest BCUT2D eigenvalue weighted by atomic mass is 9.86. The van der Waals surface area contributed by atoms with Crippen molar-refractivity contribution in [3.63, 3.8) is 0 Å². The number of rotatable bonds is 5. The number of amides is 1. The van der Waals surface area contributed by atoms with Crippen LogP contribution in [0.5, 0.6) is 0 Å². The second kappa shape index (κ2) is 7.49. The molecule has 3 rings (SSSR count). The van der Waals surface area contributed by atoms with Crippen LogP contribution in [0.15, 0.2) is 36.9 Å². The Balaban J connectivity index is 1.72. The van der Waals surface area contributed by atoms with Crippen molar-refractivity contribution in [2.75, 3.05) is 33.3 Å². The van der Waals surface area contributed by atoms with E-state index in [0.717, 1.165) is 43.7 Å². The second-order valence-corrected chi connectivity index (χ2v) is 7.02. The lowest BCUT2D eigenvalue weighted by Crippen LogP contribution is -2.56. The van der Waals surface area contributed by atoms with E-state index in [1.165, 1.54) is 19.3 Å². The molecule has 2 aliphatic rings. The molecule has 1 aromatic carbocycles. The van der Waals surface area contributed by atoms with Gasteiger partial charge in [-0.3, -0.25) is 9.69 Å². The Labute approximate surface area is 145 Å². The van der Waals surface area contributed by atoms with E-state index >= 15 is 0 Å². The van der Waals surface area contributed by atoms with Crippen LogP contribution in [0.3, 0.4) is 0 Å². The van der Waals surface area contributed by atoms with Crippen molar-refractivity contribution < 1.29 is 9.53 Å². The molecule has 24 heavy (non-hydrogen) atoms. The first kappa shape index (κ1) is 17.2. The Hall–Kier alpha value is -1.65. The van der Waals surface area contributed by atoms with Gasteiger partial charge < -0.3 is 9.64 Å². The fourth-order valence-electron chi connectivity index (χ4n) is 4.28. The molecule has 1 unspecified atom stereocenters. The second-order valence-electron chi connectivity index (χ2n) is 7.02. The van der Waals surface area contributed by atoms with Crippen molar-refractivity contribution in [3.8, 4) is 0 Å². The molecule has 1 amide bonds. The van der Waals surface area contributed by atoms with Gasteiger partial charge in [0.1, 0.15) is 0 Å². The average molecular weight is 328 g/mol. The van der Waals surface area contributed by atoms with Crippen molar-refractivity contribution in [2.45, 2.75) is 37.8 Å². The summed E-state index contributed by atoms with van der Waals surface area (Å²) in [5, 5.41) is 0. The average Bonchev–Trinajstić information content (AvgIpc) is 2.97. The summed E-state index contributed by atoms with van der Waals surface area (Å²) in [5.74, 6) is 0.156. The summed E-state index contributed by atoms with van der Waals surface area (Å²) in [6, 6.07) is 7.81. The van der Waals surface area contributed by atoms with E-state index < -0.39 is 0 Å². The molecule has 2 aliphatic heterocycles. The summed E-state index contributed by atoms with van der Waals surface area (Å²) >= 11 is 0. The molecular formula is C20H28N2O2. The Morgan fingerprint density at radius 2 is 1.96 bits per heavy atom. The van der Waals surface area contributed by atoms with E-state index in [4.69, 9.17) is 4.74 Å². The molecule has 1 atom stereocenters. The maximum Gasteiger partial charge on any atom is 0.253 e. The maximum absolute atomic E-state index is 12.9. The third-order valence-electron chi connectivity index (χ3n) is 5.44. The van der Waals surface area contributed by atoms with Gasteiger partial charge in [0, 0.05) is 37.8 Å². The molecule has 2 fully saturated rings. The van der Waals surface area contributed by atoms with Crippen molar-refractivity contribution in [3.05, 3.63) is 48.0 Å². The number of carbonyl (C=O) groups excluding carboxylic acids is 1. The largest absolute Gasteiger partial charge is 0.380 e. The van der Waals surface area contributed by atoms with Gasteiger partial charge in [-0.15, -0.1) is 6.58 Å². The maximum atomic E-state index is 12.9. The van der Waals surface area contributed by atoms with E-state index in [2.05, 4.69) is 16.4 Å². The Bertz CT molecular complexity index is 584. The summed E-state index contributed by atoms with van der Waals surface area (Å²) in [6.07, 6.45) is 6.68. The van der Waals surface area contributed by atoms with Gasteiger partial charge in [0.25, 0.3) is 5.91 Å². The fraction of sp³-hybridized carbons (Fsp3) is 0.550. The lowest BCUT2D eigenvalue weighted by Gasteiger charge is -2.45. The highest BCUT2D eigenvalue weighted by Crippen LogP contribution is 2.37. The summed E-state index contributed by atoms with van der Waals surface area (Å²) in [6.45, 7) is 8.24. The number of hydrogen-bond donors (Lipinski definition) is 0. The third-order valence-corrected chi connectivity index (χ3v) is 5.44. The molecular weight excluding hydrogens is 300 g/mol. The van der Waals surface area contributed by atoms with Crippen molar-refractivity contribution in [1.29, 1.82) is 0 Å². The number of benzene rings is 1. The third kappa shape index (κ3) is 3.40. The molecule has 4 nitrogen and oxygen atoms in total. The minimum Gasteiger partial charge on any atom is -0.380 e. The molecule has 130 valence electrons. The number of piperidine rings is 1. The van der Waals surface area contributed by atoms with Gasteiger partial charge in [0.05, 0.1) is 6.61 Å². The van der Waals surface area contributed by atoms with E-state index in [-0.39, 0.29) is 11.4 Å². The monoisotopic (exact) mass is 328 g/mol. The number of nitrogens with zero attached hydrogens (tertiary/aromatic N) is 2. The zero-order chi connectivity index (χ0) is 17.0. The van der Waals surface area contributed by atoms with Gasteiger partial charge in [-0.25, -0.2) is 0 Å². The fourth-order valence-corrected chi connectivity index (χ4v) is 4.28. The first-order valence-electron chi connectivity index (χ1n) is 8.92. The molecule has 1 aromatic rings. The molecule has 4 heteroatoms. The van der Waals surface area contributed by atoms with Crippen LogP contribution in [0.1, 0.15) is 41.6 Å². The van der Waals surface area contributed by atoms with E-state index in [9.17, 15) is 4.79 Å². The minimum absolute atomic E-state index is 0.156. The molecule has 0 N–H and O–H groups in total. The number of likely N-dealkylation sites (tertiary alicyclic amines) is 2. The Kier molecular flexibility index (Phi) is 5.36. The SMILES string of the molecule is C=CCN1CCCC12CCCN(C(=O)c1ccc(COC)cc1)C2. The number of carbonyl (C=O) groups is 1. The van der Waals surface area contributed by atoms with Crippen molar-refractivity contribution >= 4 is 5.91 Å². The van der Waals surface area contributed by atoms with Crippen LogP contribution >= 0.6 is 0 Å². The summed E-state index contributed by atoms with van der Waals surface area (Å²) < 4.78 is 5.13. The Morgan fingerprint density at radius 1 is 1.25 bits per heavy atom. The Morgan fingerprint density at radius 3 is 2.62 bits per heavy atom. The van der Waals surface area contributed by atoms with E-state index in [0.29, 0.717) is 6.61 Å². The molecule has 0 bridgehead atoms. The molecule has 0 radical (unpaired) electrons. The zero-order valence-electron chi connectivity index (χ0n) is 14.7. The summed E-state index contributed by atoms with van der Waals surface area (Å²) in [7, 11) is 1.68. The van der Waals surface area contributed by atoms with Crippen LogP contribution in [0.4, 0.5) is 0 Å². The number of ether oxygens (including phenoxy) is 1. The number of hydrogen-bond acceptors (Lipinski definition) is 3. The zero-order valence-corrected chi connectivity index (χ0v) is 14.7. The van der Waals surface area contributed by atoms with Crippen LogP contribution in [-0.2, 0) is 11.3 Å². The predicted molar refractivity (Wildman–Crippen MR) is 96.0 cm³/mol. The topological polar surface area (TPSA) is 32.8 Å².